The third-order valence-corrected chi connectivity index (χ3v) is 9.66. The molecule has 4 nitrogen and oxygen atoms in total. The van der Waals surface area contributed by atoms with E-state index in [2.05, 4.69) is 6.92 Å². The van der Waals surface area contributed by atoms with E-state index in [0.717, 1.165) is 12.0 Å². The van der Waals surface area contributed by atoms with E-state index in [1.165, 1.54) is 0 Å². The van der Waals surface area contributed by atoms with Gasteiger partial charge in [0.05, 0.1) is 10.6 Å². The summed E-state index contributed by atoms with van der Waals surface area (Å²) in [5, 5.41) is 0. The van der Waals surface area contributed by atoms with Gasteiger partial charge in [0.2, 0.25) is 0 Å². The Morgan fingerprint density at radius 3 is 2.45 bits per heavy atom. The fraction of sp³-hybridized carbons (Fsp3) is 0.562. The minimum atomic E-state index is -3.81. The van der Waals surface area contributed by atoms with E-state index in [1.807, 2.05) is 13.8 Å². The first-order valence-corrected chi connectivity index (χ1v) is 11.0. The van der Waals surface area contributed by atoms with Crippen LogP contribution in [0.2, 0.25) is 0 Å². The molecule has 1 saturated heterocycles. The molecule has 0 saturated carbocycles. The molecule has 0 bridgehead atoms. The average molecular weight is 344 g/mol. The normalized spacial score (nSPS) is 28.2. The highest BCUT2D eigenvalue weighted by Crippen LogP contribution is 2.58. The molecule has 0 aliphatic carbocycles. The first kappa shape index (κ1) is 17.5. The average Bonchev–Trinajstić information content (AvgIpc) is 2.79. The highest BCUT2D eigenvalue weighted by molar-refractivity contribution is 8.33. The Balaban J connectivity index is 2.26. The Morgan fingerprint density at radius 2 is 1.95 bits per heavy atom. The molecule has 1 aromatic carbocycles. The first-order valence-electron chi connectivity index (χ1n) is 7.57. The van der Waals surface area contributed by atoms with Gasteiger partial charge in [0.1, 0.15) is 5.78 Å². The predicted molar refractivity (Wildman–Crippen MR) is 90.7 cm³/mol. The van der Waals surface area contributed by atoms with E-state index >= 15 is 0 Å². The van der Waals surface area contributed by atoms with Gasteiger partial charge in [-0.2, -0.15) is 8.42 Å². The van der Waals surface area contributed by atoms with Crippen molar-refractivity contribution in [3.63, 3.8) is 0 Å². The van der Waals surface area contributed by atoms with Gasteiger partial charge in [-0.15, -0.1) is 10.3 Å². The number of aryl methyl sites for hydroxylation is 1. The zero-order valence-corrected chi connectivity index (χ0v) is 15.0. The SMILES string of the molecule is CCC(=O)CS1(OS(=O)(=O)c2ccc(C)cc2)CCC(C)C1. The van der Waals surface area contributed by atoms with Crippen LogP contribution >= 0.6 is 10.3 Å². The van der Waals surface area contributed by atoms with Crippen molar-refractivity contribution in [2.24, 2.45) is 5.92 Å². The van der Waals surface area contributed by atoms with Crippen LogP contribution in [-0.4, -0.2) is 31.5 Å². The Hall–Kier alpha value is -0.850. The summed E-state index contributed by atoms with van der Waals surface area (Å²) in [6.07, 6.45) is 1.35. The number of hydrogen-bond acceptors (Lipinski definition) is 4. The van der Waals surface area contributed by atoms with Crippen molar-refractivity contribution < 1.29 is 16.8 Å². The zero-order valence-electron chi connectivity index (χ0n) is 13.4. The van der Waals surface area contributed by atoms with Crippen molar-refractivity contribution in [2.75, 3.05) is 17.3 Å². The first-order chi connectivity index (χ1) is 10.3. The van der Waals surface area contributed by atoms with Crippen LogP contribution in [0.4, 0.5) is 0 Å². The lowest BCUT2D eigenvalue weighted by Gasteiger charge is -2.33. The van der Waals surface area contributed by atoms with Gasteiger partial charge in [0.25, 0.3) is 0 Å². The Bertz CT molecular complexity index is 637. The molecule has 0 N–H and O–H groups in total. The van der Waals surface area contributed by atoms with Gasteiger partial charge in [-0.3, -0.25) is 4.79 Å². The van der Waals surface area contributed by atoms with Crippen molar-refractivity contribution in [3.8, 4) is 0 Å². The lowest BCUT2D eigenvalue weighted by Crippen LogP contribution is -2.21. The summed E-state index contributed by atoms with van der Waals surface area (Å²) in [6, 6.07) is 6.65. The van der Waals surface area contributed by atoms with Crippen LogP contribution in [0.25, 0.3) is 0 Å². The second-order valence-electron chi connectivity index (χ2n) is 6.10. The summed E-state index contributed by atoms with van der Waals surface area (Å²) in [5.74, 6) is 2.16. The van der Waals surface area contributed by atoms with Crippen molar-refractivity contribution in [1.29, 1.82) is 0 Å². The minimum absolute atomic E-state index is 0.0863. The molecule has 2 rings (SSSR count). The number of ketones is 1. The summed E-state index contributed by atoms with van der Waals surface area (Å²) in [7, 11) is -5.69. The molecule has 1 aliphatic heterocycles. The van der Waals surface area contributed by atoms with E-state index in [0.29, 0.717) is 23.8 Å². The topological polar surface area (TPSA) is 60.4 Å². The van der Waals surface area contributed by atoms with Crippen molar-refractivity contribution >= 4 is 26.2 Å². The predicted octanol–water partition coefficient (Wildman–Crippen LogP) is 3.44. The summed E-state index contributed by atoms with van der Waals surface area (Å²) in [4.78, 5) is 12.1. The van der Waals surface area contributed by atoms with E-state index in [4.69, 9.17) is 3.63 Å². The maximum Gasteiger partial charge on any atom is 0.306 e. The fourth-order valence-electron chi connectivity index (χ4n) is 2.65. The highest BCUT2D eigenvalue weighted by Gasteiger charge is 2.39. The van der Waals surface area contributed by atoms with Gasteiger partial charge in [0.15, 0.2) is 0 Å². The van der Waals surface area contributed by atoms with E-state index in [-0.39, 0.29) is 16.4 Å². The molecular formula is C16H24O4S2. The fourth-order valence-corrected chi connectivity index (χ4v) is 8.89. The molecule has 2 atom stereocenters. The van der Waals surface area contributed by atoms with Crippen LogP contribution in [0.5, 0.6) is 0 Å². The summed E-state index contributed by atoms with van der Waals surface area (Å²) in [6.45, 7) is 5.80. The number of rotatable bonds is 6. The van der Waals surface area contributed by atoms with Gasteiger partial charge >= 0.3 is 10.1 Å². The van der Waals surface area contributed by atoms with E-state index < -0.39 is 20.4 Å². The molecule has 124 valence electrons. The monoisotopic (exact) mass is 344 g/mol. The van der Waals surface area contributed by atoms with Crippen LogP contribution in [-0.2, 0) is 18.5 Å². The Labute approximate surface area is 134 Å². The van der Waals surface area contributed by atoms with Crippen LogP contribution in [0, 0.1) is 12.8 Å². The summed E-state index contributed by atoms with van der Waals surface area (Å²) in [5.41, 5.74) is 0.997. The van der Waals surface area contributed by atoms with E-state index in [9.17, 15) is 13.2 Å². The molecule has 22 heavy (non-hydrogen) atoms. The molecule has 2 unspecified atom stereocenters. The molecule has 0 radical (unpaired) electrons. The van der Waals surface area contributed by atoms with Gasteiger partial charge in [-0.25, -0.2) is 3.63 Å². The molecular weight excluding hydrogens is 320 g/mol. The second kappa shape index (κ2) is 6.72. The quantitative estimate of drug-likeness (QED) is 0.793. The van der Waals surface area contributed by atoms with Crippen LogP contribution in [0.15, 0.2) is 29.2 Å². The van der Waals surface area contributed by atoms with Gasteiger partial charge in [-0.05, 0) is 31.4 Å². The van der Waals surface area contributed by atoms with Crippen LogP contribution in [0.3, 0.4) is 0 Å². The molecule has 1 heterocycles. The molecule has 0 amide bonds. The zero-order chi connectivity index (χ0) is 16.4. The van der Waals surface area contributed by atoms with Crippen molar-refractivity contribution in [2.45, 2.75) is 38.5 Å². The van der Waals surface area contributed by atoms with Gasteiger partial charge in [-0.1, -0.05) is 31.5 Å². The third kappa shape index (κ3) is 4.12. The van der Waals surface area contributed by atoms with Crippen LogP contribution < -0.4 is 0 Å². The summed E-state index contributed by atoms with van der Waals surface area (Å²) < 4.78 is 30.8. The maximum absolute atomic E-state index is 12.6. The van der Waals surface area contributed by atoms with E-state index in [1.54, 1.807) is 24.3 Å². The smallest absolute Gasteiger partial charge is 0.299 e. The molecule has 1 aliphatic rings. The van der Waals surface area contributed by atoms with Crippen molar-refractivity contribution in [1.82, 2.24) is 0 Å². The Morgan fingerprint density at radius 1 is 1.32 bits per heavy atom. The summed E-state index contributed by atoms with van der Waals surface area (Å²) >= 11 is 0. The van der Waals surface area contributed by atoms with Crippen molar-refractivity contribution in [3.05, 3.63) is 29.8 Å². The number of hydrogen-bond donors (Lipinski definition) is 0. The largest absolute Gasteiger partial charge is 0.306 e. The molecule has 0 spiro atoms. The number of carbonyl (C=O) groups excluding carboxylic acids is 1. The standard InChI is InChI=1S/C16H24O4S2/c1-4-15(17)12-21(10-9-14(3)11-21)20-22(18,19)16-7-5-13(2)6-8-16/h5-8,14H,4,9-12H2,1-3H3. The van der Waals surface area contributed by atoms with Gasteiger partial charge in [0, 0.05) is 17.9 Å². The second-order valence-corrected chi connectivity index (χ2v) is 11.0. The lowest BCUT2D eigenvalue weighted by molar-refractivity contribution is -0.116. The molecule has 0 aromatic heterocycles. The maximum atomic E-state index is 12.6. The molecule has 1 aromatic rings. The minimum Gasteiger partial charge on any atom is -0.299 e. The van der Waals surface area contributed by atoms with Gasteiger partial charge < -0.3 is 0 Å². The number of carbonyl (C=O) groups is 1. The number of benzene rings is 1. The molecule has 1 fully saturated rings. The molecule has 6 heteroatoms. The highest BCUT2D eigenvalue weighted by atomic mass is 32.3. The van der Waals surface area contributed by atoms with Crippen LogP contribution in [0.1, 0.15) is 32.3 Å². The number of Topliss-reactive ketones (excluding diaryl/α,β-unsaturated/α-hetero) is 1. The third-order valence-electron chi connectivity index (χ3n) is 3.93. The lowest BCUT2D eigenvalue weighted by atomic mass is 10.2. The Kier molecular flexibility index (Phi) is 5.35.